The topological polar surface area (TPSA) is 157 Å². The average Bonchev–Trinajstić information content (AvgIpc) is 3.72. The highest BCUT2D eigenvalue weighted by Crippen LogP contribution is 2.75. The van der Waals surface area contributed by atoms with Gasteiger partial charge in [-0.2, -0.15) is 0 Å². The van der Waals surface area contributed by atoms with Gasteiger partial charge in [0.2, 0.25) is 0 Å². The maximum atomic E-state index is 13.7. The first-order valence-electron chi connectivity index (χ1n) is 18.7. The number of epoxide rings is 1. The molecule has 0 aromatic heterocycles. The lowest BCUT2D eigenvalue weighted by molar-refractivity contribution is -0.459. The molecule has 0 radical (unpaired) electrons. The van der Waals surface area contributed by atoms with Crippen molar-refractivity contribution in [2.75, 3.05) is 13.2 Å². The Hall–Kier alpha value is -1.93. The highest BCUT2D eigenvalue weighted by atomic mass is 16.9. The van der Waals surface area contributed by atoms with Gasteiger partial charge in [0, 0.05) is 24.7 Å². The van der Waals surface area contributed by atoms with Gasteiger partial charge in [-0.1, -0.05) is 82.9 Å². The summed E-state index contributed by atoms with van der Waals surface area (Å²) in [4.78, 5) is 12.5. The van der Waals surface area contributed by atoms with E-state index in [0.717, 1.165) is 37.7 Å². The van der Waals surface area contributed by atoms with Crippen molar-refractivity contribution >= 4 is 5.97 Å². The van der Waals surface area contributed by atoms with E-state index in [9.17, 15) is 25.2 Å². The number of aliphatic hydroxyl groups excluding tert-OH is 3. The Morgan fingerprint density at radius 3 is 2.40 bits per heavy atom. The number of benzene rings is 1. The molecule has 3 bridgehead atoms. The average molecular weight is 699 g/mol. The van der Waals surface area contributed by atoms with Crippen LogP contribution in [0.2, 0.25) is 0 Å². The number of fused-ring (bicyclic) bond motifs is 1. The van der Waals surface area contributed by atoms with Crippen LogP contribution in [0.4, 0.5) is 0 Å². The molecule has 0 amide bonds. The first-order chi connectivity index (χ1) is 23.8. The fourth-order valence-electron chi connectivity index (χ4n) is 11.9. The smallest absolute Gasteiger partial charge is 0.312 e. The molecule has 11 heteroatoms. The molecule has 4 N–H and O–H groups in total. The lowest BCUT2D eigenvalue weighted by atomic mass is 9.51. The van der Waals surface area contributed by atoms with Gasteiger partial charge in [0.25, 0.3) is 0 Å². The molecule has 3 aliphatic carbocycles. The Morgan fingerprint density at radius 2 is 1.72 bits per heavy atom. The third-order valence-corrected chi connectivity index (χ3v) is 14.0. The Bertz CT molecular complexity index is 1490. The number of aliphatic hydroxyl groups is 4. The van der Waals surface area contributed by atoms with E-state index in [1.165, 1.54) is 6.92 Å². The van der Waals surface area contributed by atoms with Gasteiger partial charge < -0.3 is 48.8 Å². The Balaban J connectivity index is 1.39. The SMILES string of the molecule is C=C(C)[C@]12C[C@@H](COC(C)=O)[C@@]34OC5(O[C@@H]1[C@@H]3[C@@H]1O[C@]1(CO)[C@@H](O)[C@@]1(O)[C@H]4[C@H]([C@H](C)[C@@H]1OCc1ccccc1)[C@H](C)CCCCCC[C@H]5O)O2. The van der Waals surface area contributed by atoms with Crippen LogP contribution in [0.3, 0.4) is 0 Å². The maximum absolute atomic E-state index is 13.7. The lowest BCUT2D eigenvalue weighted by Crippen LogP contribution is -2.75. The first-order valence-corrected chi connectivity index (χ1v) is 18.7. The number of carbonyl (C=O) groups is 1. The normalized spacial score (nSPS) is 51.8. The fourth-order valence-corrected chi connectivity index (χ4v) is 11.9. The molecule has 4 saturated heterocycles. The maximum Gasteiger partial charge on any atom is 0.312 e. The van der Waals surface area contributed by atoms with Crippen molar-refractivity contribution in [2.45, 2.75) is 138 Å². The van der Waals surface area contributed by atoms with Crippen molar-refractivity contribution in [2.24, 2.45) is 35.5 Å². The summed E-state index contributed by atoms with van der Waals surface area (Å²) in [6.45, 7) is 11.4. The van der Waals surface area contributed by atoms with Crippen LogP contribution in [-0.2, 0) is 39.8 Å². The summed E-state index contributed by atoms with van der Waals surface area (Å²) in [5, 5.41) is 49.6. The summed E-state index contributed by atoms with van der Waals surface area (Å²) in [7, 11) is 0. The minimum Gasteiger partial charge on any atom is -0.465 e. The zero-order valence-electron chi connectivity index (χ0n) is 29.7. The fraction of sp³-hybridized carbons (Fsp3) is 0.769. The second kappa shape index (κ2) is 12.0. The summed E-state index contributed by atoms with van der Waals surface area (Å²) in [5.74, 6) is -4.95. The number of ether oxygens (including phenoxy) is 6. The van der Waals surface area contributed by atoms with Crippen LogP contribution in [0.25, 0.3) is 0 Å². The Morgan fingerprint density at radius 1 is 1.00 bits per heavy atom. The molecule has 1 aromatic rings. The van der Waals surface area contributed by atoms with Gasteiger partial charge in [0.15, 0.2) is 0 Å². The van der Waals surface area contributed by atoms with Crippen LogP contribution in [0.15, 0.2) is 42.5 Å². The largest absolute Gasteiger partial charge is 0.465 e. The quantitative estimate of drug-likeness (QED) is 0.188. The molecule has 11 nitrogen and oxygen atoms in total. The van der Waals surface area contributed by atoms with Gasteiger partial charge in [-0.15, -0.1) is 0 Å². The van der Waals surface area contributed by atoms with Crippen molar-refractivity contribution in [3.8, 4) is 0 Å². The molecule has 3 saturated carbocycles. The van der Waals surface area contributed by atoms with Gasteiger partial charge >= 0.3 is 11.9 Å². The molecule has 16 atom stereocenters. The van der Waals surface area contributed by atoms with Gasteiger partial charge in [-0.05, 0) is 48.7 Å². The monoisotopic (exact) mass is 698 g/mol. The number of esters is 1. The molecular weight excluding hydrogens is 644 g/mol. The van der Waals surface area contributed by atoms with Crippen LogP contribution < -0.4 is 0 Å². The predicted octanol–water partition coefficient (Wildman–Crippen LogP) is 3.39. The standard InChI is InChI=1S/C39H54O11/c1-21(2)35-17-26(19-45-24(5)41)38-29-32(35)48-39(49-35,50-38)27(42)16-12-7-6-9-13-22(3)28-23(4)31(46-18-25-14-10-8-11-15-25)37(44,30(28)38)34(43)36(20-40)33(29)47-36/h8,10-11,14-15,22-23,26-34,40,42-44H,1,6-7,9,12-13,16-20H2,2-5H3/t22-,23+,26+,27-,28+,29-,30-,31+,32-,33+,34-,35-,36+,37-,38-,39?/m1/s1. The van der Waals surface area contributed by atoms with E-state index < -0.39 is 89.2 Å². The second-order valence-electron chi connectivity index (χ2n) is 16.7. The Labute approximate surface area is 294 Å². The highest BCUT2D eigenvalue weighted by molar-refractivity contribution is 5.65. The first kappa shape index (κ1) is 35.1. The van der Waals surface area contributed by atoms with E-state index in [4.69, 9.17) is 28.4 Å². The summed E-state index contributed by atoms with van der Waals surface area (Å²) in [5.41, 5.74) is -4.54. The van der Waals surface area contributed by atoms with E-state index in [1.54, 1.807) is 0 Å². The van der Waals surface area contributed by atoms with Crippen molar-refractivity contribution in [1.29, 1.82) is 0 Å². The third kappa shape index (κ3) is 4.57. The van der Waals surface area contributed by atoms with Crippen LogP contribution in [-0.4, -0.2) is 98.5 Å². The summed E-state index contributed by atoms with van der Waals surface area (Å²) in [6, 6.07) is 9.72. The number of rotatable bonds is 7. The molecule has 1 unspecified atom stereocenters. The molecule has 4 heterocycles. The van der Waals surface area contributed by atoms with E-state index >= 15 is 0 Å². The molecule has 50 heavy (non-hydrogen) atoms. The van der Waals surface area contributed by atoms with Crippen molar-refractivity contribution in [1.82, 2.24) is 0 Å². The zero-order chi connectivity index (χ0) is 35.4. The van der Waals surface area contributed by atoms with Crippen molar-refractivity contribution in [3.05, 3.63) is 48.0 Å². The van der Waals surface area contributed by atoms with Crippen LogP contribution in [0.5, 0.6) is 0 Å². The zero-order valence-corrected chi connectivity index (χ0v) is 29.7. The highest BCUT2D eigenvalue weighted by Gasteiger charge is 2.91. The Kier molecular flexibility index (Phi) is 8.46. The van der Waals surface area contributed by atoms with E-state index in [1.807, 2.05) is 37.3 Å². The summed E-state index contributed by atoms with van der Waals surface area (Å²) >= 11 is 0. The van der Waals surface area contributed by atoms with E-state index in [2.05, 4.69) is 20.4 Å². The molecule has 7 aliphatic rings. The van der Waals surface area contributed by atoms with Gasteiger partial charge in [-0.3, -0.25) is 4.79 Å². The minimum absolute atomic E-state index is 0.0586. The molecule has 8 rings (SSSR count). The lowest BCUT2D eigenvalue weighted by Gasteiger charge is -2.62. The van der Waals surface area contributed by atoms with E-state index in [0.29, 0.717) is 12.0 Å². The number of hydrogen-bond donors (Lipinski definition) is 4. The molecule has 276 valence electrons. The number of carbonyl (C=O) groups excluding carboxylic acids is 1. The second-order valence-corrected chi connectivity index (χ2v) is 16.7. The predicted molar refractivity (Wildman–Crippen MR) is 178 cm³/mol. The molecule has 2 spiro atoms. The van der Waals surface area contributed by atoms with Gasteiger partial charge in [0.05, 0.1) is 31.5 Å². The van der Waals surface area contributed by atoms with Crippen molar-refractivity contribution < 1.29 is 53.6 Å². The third-order valence-electron chi connectivity index (χ3n) is 14.0. The number of hydrogen-bond acceptors (Lipinski definition) is 11. The van der Waals surface area contributed by atoms with Gasteiger partial charge in [-0.25, -0.2) is 0 Å². The molecule has 1 aromatic carbocycles. The molecule has 7 fully saturated rings. The summed E-state index contributed by atoms with van der Waals surface area (Å²) < 4.78 is 40.3. The molecule has 4 aliphatic heterocycles. The van der Waals surface area contributed by atoms with Crippen LogP contribution >= 0.6 is 0 Å². The van der Waals surface area contributed by atoms with Crippen LogP contribution in [0.1, 0.15) is 78.2 Å². The van der Waals surface area contributed by atoms with Crippen molar-refractivity contribution in [3.63, 3.8) is 0 Å². The van der Waals surface area contributed by atoms with E-state index in [-0.39, 0.29) is 37.4 Å². The van der Waals surface area contributed by atoms with Gasteiger partial charge in [0.1, 0.15) is 41.2 Å². The summed E-state index contributed by atoms with van der Waals surface area (Å²) in [6.07, 6.45) is -0.0872. The van der Waals surface area contributed by atoms with Crippen LogP contribution in [0, 0.1) is 35.5 Å². The molecular formula is C39H54O11. The minimum atomic E-state index is -2.00.